The second-order valence-corrected chi connectivity index (χ2v) is 9.37. The summed E-state index contributed by atoms with van der Waals surface area (Å²) in [5, 5.41) is 13.2. The zero-order chi connectivity index (χ0) is 20.5. The highest BCUT2D eigenvalue weighted by atomic mass is 127. The molecule has 0 aliphatic carbocycles. The third-order valence-electron chi connectivity index (χ3n) is 4.22. The lowest BCUT2D eigenvalue weighted by atomic mass is 10.1. The van der Waals surface area contributed by atoms with E-state index in [4.69, 9.17) is 0 Å². The number of allylic oxidation sites excluding steroid dienone is 1. The van der Waals surface area contributed by atoms with E-state index in [9.17, 15) is 14.7 Å². The summed E-state index contributed by atoms with van der Waals surface area (Å²) in [6.45, 7) is -0.271. The number of aromatic nitrogens is 1. The summed E-state index contributed by atoms with van der Waals surface area (Å²) in [5.41, 5.74) is 3.14. The third kappa shape index (κ3) is 4.36. The number of hydrogen-bond acceptors (Lipinski definition) is 5. The molecule has 4 rings (SSSR count). The number of benzene rings is 2. The smallest absolute Gasteiger partial charge is 0.311 e. The van der Waals surface area contributed by atoms with E-state index in [-0.39, 0.29) is 12.4 Å². The van der Waals surface area contributed by atoms with Gasteiger partial charge in [0.2, 0.25) is 11.8 Å². The second-order valence-electron chi connectivity index (χ2n) is 6.22. The van der Waals surface area contributed by atoms with Gasteiger partial charge in [-0.05, 0) is 71.1 Å². The van der Waals surface area contributed by atoms with E-state index in [0.717, 1.165) is 40.8 Å². The molecule has 0 saturated heterocycles. The SMILES string of the molecule is O=C(Cn1c(O)c(C=C2C=Nc3ccc(Br)cc32)sc1=O)Nc1ccc(I)cc1. The summed E-state index contributed by atoms with van der Waals surface area (Å²) < 4.78 is 3.02. The number of aromatic hydroxyl groups is 1. The number of hydrogen-bond donors (Lipinski definition) is 2. The van der Waals surface area contributed by atoms with Gasteiger partial charge in [-0.15, -0.1) is 0 Å². The predicted octanol–water partition coefficient (Wildman–Crippen LogP) is 4.88. The van der Waals surface area contributed by atoms with Crippen molar-refractivity contribution in [1.82, 2.24) is 4.57 Å². The van der Waals surface area contributed by atoms with Gasteiger partial charge in [0, 0.05) is 31.1 Å². The second kappa shape index (κ2) is 8.25. The Morgan fingerprint density at radius 2 is 2.03 bits per heavy atom. The van der Waals surface area contributed by atoms with Gasteiger partial charge in [0.05, 0.1) is 10.6 Å². The Morgan fingerprint density at radius 3 is 2.79 bits per heavy atom. The fraction of sp³-hybridized carbons (Fsp3) is 0.0500. The lowest BCUT2D eigenvalue weighted by Crippen LogP contribution is -2.24. The molecule has 9 heteroatoms. The maximum atomic E-state index is 12.3. The van der Waals surface area contributed by atoms with Crippen molar-refractivity contribution in [2.45, 2.75) is 6.54 Å². The first kappa shape index (κ1) is 20.0. The van der Waals surface area contributed by atoms with E-state index in [1.807, 2.05) is 30.3 Å². The Hall–Kier alpha value is -2.24. The topological polar surface area (TPSA) is 83.7 Å². The van der Waals surface area contributed by atoms with Crippen LogP contribution in [0.4, 0.5) is 11.4 Å². The van der Waals surface area contributed by atoms with Crippen LogP contribution in [0.3, 0.4) is 0 Å². The summed E-state index contributed by atoms with van der Waals surface area (Å²) in [6, 6.07) is 13.0. The van der Waals surface area contributed by atoms with Gasteiger partial charge >= 0.3 is 4.87 Å². The number of nitrogens with one attached hydrogen (secondary N) is 1. The average Bonchev–Trinajstić information content (AvgIpc) is 3.19. The third-order valence-corrected chi connectivity index (χ3v) is 6.35. The first-order chi connectivity index (χ1) is 13.9. The molecular formula is C20H13BrIN3O3S. The number of amides is 1. The lowest BCUT2D eigenvalue weighted by Gasteiger charge is -2.06. The highest BCUT2D eigenvalue weighted by Gasteiger charge is 2.18. The maximum Gasteiger partial charge on any atom is 0.311 e. The minimum atomic E-state index is -0.406. The molecule has 1 aromatic heterocycles. The van der Waals surface area contributed by atoms with Crippen LogP contribution in [-0.2, 0) is 11.3 Å². The quantitative estimate of drug-likeness (QED) is 0.431. The minimum Gasteiger partial charge on any atom is -0.493 e. The standard InChI is InChI=1S/C20H13BrIN3O3S/c21-12-1-6-16-15(8-12)11(9-23-16)7-17-19(27)25(20(28)29-17)10-18(26)24-14-4-2-13(22)3-5-14/h1-9,27H,10H2,(H,24,26). The van der Waals surface area contributed by atoms with E-state index in [2.05, 4.69) is 48.8 Å². The van der Waals surface area contributed by atoms with Crippen molar-refractivity contribution < 1.29 is 9.90 Å². The van der Waals surface area contributed by atoms with E-state index >= 15 is 0 Å². The fourth-order valence-electron chi connectivity index (χ4n) is 2.84. The van der Waals surface area contributed by atoms with E-state index in [0.29, 0.717) is 10.6 Å². The van der Waals surface area contributed by atoms with Crippen LogP contribution in [0.2, 0.25) is 0 Å². The number of carbonyl (C=O) groups is 1. The summed E-state index contributed by atoms with van der Waals surface area (Å²) in [7, 11) is 0. The molecule has 3 aromatic rings. The van der Waals surface area contributed by atoms with Crippen molar-refractivity contribution in [3.63, 3.8) is 0 Å². The number of thiazole rings is 1. The van der Waals surface area contributed by atoms with Gasteiger partial charge in [0.15, 0.2) is 0 Å². The van der Waals surface area contributed by atoms with Crippen molar-refractivity contribution >= 4 is 85.0 Å². The molecule has 0 radical (unpaired) electrons. The summed E-state index contributed by atoms with van der Waals surface area (Å²) >= 11 is 6.50. The Morgan fingerprint density at radius 1 is 1.28 bits per heavy atom. The molecule has 0 atom stereocenters. The van der Waals surface area contributed by atoms with Crippen LogP contribution >= 0.6 is 49.9 Å². The Kier molecular flexibility index (Phi) is 5.70. The molecule has 0 fully saturated rings. The maximum absolute atomic E-state index is 12.3. The van der Waals surface area contributed by atoms with E-state index in [1.54, 1.807) is 24.4 Å². The van der Waals surface area contributed by atoms with Gasteiger partial charge in [-0.2, -0.15) is 0 Å². The van der Waals surface area contributed by atoms with Gasteiger partial charge in [0.1, 0.15) is 6.54 Å². The van der Waals surface area contributed by atoms with Gasteiger partial charge in [-0.3, -0.25) is 19.1 Å². The molecule has 29 heavy (non-hydrogen) atoms. The largest absolute Gasteiger partial charge is 0.493 e. The molecule has 1 amide bonds. The van der Waals surface area contributed by atoms with E-state index < -0.39 is 10.8 Å². The van der Waals surface area contributed by atoms with Crippen LogP contribution in [0.1, 0.15) is 10.4 Å². The van der Waals surface area contributed by atoms with Crippen LogP contribution in [0.25, 0.3) is 11.6 Å². The van der Waals surface area contributed by atoms with Crippen LogP contribution in [0, 0.1) is 3.57 Å². The highest BCUT2D eigenvalue weighted by Crippen LogP contribution is 2.36. The van der Waals surface area contributed by atoms with Crippen LogP contribution in [-0.4, -0.2) is 21.8 Å². The van der Waals surface area contributed by atoms with Crippen molar-refractivity contribution in [2.75, 3.05) is 5.32 Å². The molecule has 0 bridgehead atoms. The molecule has 2 N–H and O–H groups in total. The number of anilines is 1. The van der Waals surface area contributed by atoms with Crippen molar-refractivity contribution in [3.8, 4) is 5.88 Å². The number of rotatable bonds is 4. The van der Waals surface area contributed by atoms with Crippen molar-refractivity contribution in [1.29, 1.82) is 0 Å². The molecule has 0 unspecified atom stereocenters. The van der Waals surface area contributed by atoms with Crippen LogP contribution < -0.4 is 10.2 Å². The van der Waals surface area contributed by atoms with Gasteiger partial charge in [0.25, 0.3) is 0 Å². The normalized spacial score (nSPS) is 13.7. The molecule has 146 valence electrons. The predicted molar refractivity (Wildman–Crippen MR) is 128 cm³/mol. The van der Waals surface area contributed by atoms with Crippen LogP contribution in [0.5, 0.6) is 5.88 Å². The molecule has 1 aliphatic rings. The molecule has 0 saturated carbocycles. The lowest BCUT2D eigenvalue weighted by molar-refractivity contribution is -0.116. The monoisotopic (exact) mass is 581 g/mol. The molecule has 2 heterocycles. The Bertz CT molecular complexity index is 1230. The first-order valence-electron chi connectivity index (χ1n) is 8.44. The number of halogens is 2. The zero-order valence-electron chi connectivity index (χ0n) is 14.7. The van der Waals surface area contributed by atoms with Crippen molar-refractivity contribution in [2.24, 2.45) is 4.99 Å². The average molecular weight is 582 g/mol. The van der Waals surface area contributed by atoms with Gasteiger partial charge < -0.3 is 10.4 Å². The summed E-state index contributed by atoms with van der Waals surface area (Å²) in [6.07, 6.45) is 3.39. The molecule has 6 nitrogen and oxygen atoms in total. The highest BCUT2D eigenvalue weighted by molar-refractivity contribution is 14.1. The number of aliphatic imine (C=N–C) groups is 1. The number of fused-ring (bicyclic) bond motifs is 1. The number of carbonyl (C=O) groups excluding carboxylic acids is 1. The van der Waals surface area contributed by atoms with Crippen molar-refractivity contribution in [3.05, 3.63) is 70.6 Å². The van der Waals surface area contributed by atoms with Gasteiger partial charge in [-0.1, -0.05) is 27.3 Å². The summed E-state index contributed by atoms with van der Waals surface area (Å²) in [4.78, 5) is 29.0. The first-order valence-corrected chi connectivity index (χ1v) is 11.1. The molecular weight excluding hydrogens is 569 g/mol. The minimum absolute atomic E-state index is 0.234. The Labute approximate surface area is 191 Å². The van der Waals surface area contributed by atoms with E-state index in [1.165, 1.54) is 0 Å². The molecule has 2 aromatic carbocycles. The molecule has 1 aliphatic heterocycles. The Balaban J connectivity index is 1.57. The fourth-order valence-corrected chi connectivity index (χ4v) is 4.40. The van der Waals surface area contributed by atoms with Crippen LogP contribution in [0.15, 0.2) is 56.7 Å². The van der Waals surface area contributed by atoms with Gasteiger partial charge in [-0.25, -0.2) is 0 Å². The number of nitrogens with zero attached hydrogens (tertiary/aromatic N) is 2. The summed E-state index contributed by atoms with van der Waals surface area (Å²) in [5.74, 6) is -0.626. The molecule has 0 spiro atoms. The zero-order valence-corrected chi connectivity index (χ0v) is 19.3.